The second-order valence-corrected chi connectivity index (χ2v) is 9.40. The summed E-state index contributed by atoms with van der Waals surface area (Å²) in [6, 6.07) is 21.0. The van der Waals surface area contributed by atoms with Crippen LogP contribution in [0.1, 0.15) is 42.9 Å². The van der Waals surface area contributed by atoms with Gasteiger partial charge in [-0.05, 0) is 24.0 Å². The largest absolute Gasteiger partial charge is 0.339 e. The number of hydrogen-bond donors (Lipinski definition) is 0. The second-order valence-electron chi connectivity index (χ2n) is 9.40. The van der Waals surface area contributed by atoms with Gasteiger partial charge in [0.05, 0.1) is 17.9 Å². The molecule has 0 spiro atoms. The van der Waals surface area contributed by atoms with Gasteiger partial charge in [-0.1, -0.05) is 73.5 Å². The molecule has 0 unspecified atom stereocenters. The van der Waals surface area contributed by atoms with Crippen LogP contribution < -0.4 is 0 Å². The summed E-state index contributed by atoms with van der Waals surface area (Å²) in [7, 11) is 0. The predicted molar refractivity (Wildman–Crippen MR) is 125 cm³/mol. The molecule has 0 N–H and O–H groups in total. The molecule has 1 saturated carbocycles. The van der Waals surface area contributed by atoms with Crippen LogP contribution >= 0.6 is 0 Å². The Kier molecular flexibility index (Phi) is 6.27. The summed E-state index contributed by atoms with van der Waals surface area (Å²) in [6.07, 6.45) is 3.54. The minimum Gasteiger partial charge on any atom is -0.339 e. The lowest BCUT2D eigenvalue weighted by molar-refractivity contribution is -0.147. The molecular formula is C27H31N3O3. The van der Waals surface area contributed by atoms with Crippen LogP contribution in [-0.4, -0.2) is 65.1 Å². The van der Waals surface area contributed by atoms with Gasteiger partial charge in [0.1, 0.15) is 6.54 Å². The van der Waals surface area contributed by atoms with Gasteiger partial charge in [-0.2, -0.15) is 0 Å². The van der Waals surface area contributed by atoms with E-state index in [9.17, 15) is 14.4 Å². The predicted octanol–water partition coefficient (Wildman–Crippen LogP) is 3.10. The Morgan fingerprint density at radius 3 is 1.73 bits per heavy atom. The third-order valence-electron chi connectivity index (χ3n) is 7.49. The fourth-order valence-electron chi connectivity index (χ4n) is 5.74. The zero-order valence-electron chi connectivity index (χ0n) is 18.9. The standard InChI is InChI=1S/C27H31N3O3/c31-24(19-30-26(32)22-13-7-8-14-23(22)27(30)33)28-15-17-29(18-16-28)25(20-9-3-1-4-10-20)21-11-5-2-6-12-21/h1-6,9-12,22-23,25H,7-8,13-19H2/t22-,23+. The summed E-state index contributed by atoms with van der Waals surface area (Å²) in [5.74, 6) is -0.789. The fraction of sp³-hybridized carbons (Fsp3) is 0.444. The van der Waals surface area contributed by atoms with Crippen molar-refractivity contribution in [3.05, 3.63) is 71.8 Å². The van der Waals surface area contributed by atoms with Crippen molar-refractivity contribution >= 4 is 17.7 Å². The van der Waals surface area contributed by atoms with Crippen molar-refractivity contribution in [2.45, 2.75) is 31.7 Å². The molecular weight excluding hydrogens is 414 g/mol. The SMILES string of the molecule is O=C(CN1C(=O)[C@H]2CCCC[C@H]2C1=O)N1CCN(C(c2ccccc2)c2ccccc2)CC1. The van der Waals surface area contributed by atoms with E-state index < -0.39 is 0 Å². The van der Waals surface area contributed by atoms with E-state index in [1.54, 1.807) is 0 Å². The summed E-state index contributed by atoms with van der Waals surface area (Å²) in [5, 5.41) is 0. The molecule has 2 heterocycles. The Labute approximate surface area is 195 Å². The minimum atomic E-state index is -0.201. The van der Waals surface area contributed by atoms with Crippen LogP contribution in [0.3, 0.4) is 0 Å². The Morgan fingerprint density at radius 2 is 1.24 bits per heavy atom. The van der Waals surface area contributed by atoms with Crippen LogP contribution in [0.25, 0.3) is 0 Å². The molecule has 33 heavy (non-hydrogen) atoms. The molecule has 6 heteroatoms. The van der Waals surface area contributed by atoms with E-state index >= 15 is 0 Å². The maximum atomic E-state index is 13.0. The molecule has 3 aliphatic rings. The summed E-state index contributed by atoms with van der Waals surface area (Å²) in [4.78, 5) is 44.0. The third kappa shape index (κ3) is 4.32. The van der Waals surface area contributed by atoms with E-state index in [0.717, 1.165) is 38.8 Å². The molecule has 3 amide bonds. The number of amides is 3. The van der Waals surface area contributed by atoms with Crippen molar-refractivity contribution < 1.29 is 14.4 Å². The maximum absolute atomic E-state index is 13.0. The zero-order valence-corrected chi connectivity index (χ0v) is 18.9. The number of hydrogen-bond acceptors (Lipinski definition) is 4. The summed E-state index contributed by atoms with van der Waals surface area (Å²) in [5.41, 5.74) is 2.47. The molecule has 1 aliphatic carbocycles. The number of nitrogens with zero attached hydrogens (tertiary/aromatic N) is 3. The van der Waals surface area contributed by atoms with Crippen LogP contribution in [0.5, 0.6) is 0 Å². The van der Waals surface area contributed by atoms with E-state index in [2.05, 4.69) is 53.4 Å². The van der Waals surface area contributed by atoms with Gasteiger partial charge in [-0.15, -0.1) is 0 Å². The highest BCUT2D eigenvalue weighted by Crippen LogP contribution is 2.38. The molecule has 6 nitrogen and oxygen atoms in total. The summed E-state index contributed by atoms with van der Waals surface area (Å²) < 4.78 is 0. The van der Waals surface area contributed by atoms with Crippen molar-refractivity contribution in [2.75, 3.05) is 32.7 Å². The number of imide groups is 1. The number of benzene rings is 2. The second kappa shape index (κ2) is 9.48. The van der Waals surface area contributed by atoms with Gasteiger partial charge < -0.3 is 4.90 Å². The van der Waals surface area contributed by atoms with Crippen molar-refractivity contribution in [3.8, 4) is 0 Å². The quantitative estimate of drug-likeness (QED) is 0.664. The average Bonchev–Trinajstić information content (AvgIpc) is 3.11. The Hall–Kier alpha value is -2.99. The van der Waals surface area contributed by atoms with Crippen LogP contribution in [0.2, 0.25) is 0 Å². The van der Waals surface area contributed by atoms with Gasteiger partial charge in [0.2, 0.25) is 17.7 Å². The van der Waals surface area contributed by atoms with Gasteiger partial charge >= 0.3 is 0 Å². The van der Waals surface area contributed by atoms with Crippen molar-refractivity contribution in [2.24, 2.45) is 11.8 Å². The maximum Gasteiger partial charge on any atom is 0.242 e. The van der Waals surface area contributed by atoms with Gasteiger partial charge in [-0.3, -0.25) is 24.2 Å². The van der Waals surface area contributed by atoms with Gasteiger partial charge in [0.25, 0.3) is 0 Å². The Balaban J connectivity index is 1.24. The molecule has 2 saturated heterocycles. The smallest absolute Gasteiger partial charge is 0.242 e. The molecule has 0 aromatic heterocycles. The minimum absolute atomic E-state index is 0.106. The first kappa shape index (κ1) is 21.8. The van der Waals surface area contributed by atoms with Gasteiger partial charge in [-0.25, -0.2) is 0 Å². The molecule has 2 aromatic carbocycles. The number of likely N-dealkylation sites (tertiary alicyclic amines) is 1. The zero-order chi connectivity index (χ0) is 22.8. The van der Waals surface area contributed by atoms with E-state index in [4.69, 9.17) is 0 Å². The summed E-state index contributed by atoms with van der Waals surface area (Å²) in [6.45, 7) is 2.57. The van der Waals surface area contributed by atoms with Crippen LogP contribution in [0.4, 0.5) is 0 Å². The molecule has 2 aliphatic heterocycles. The molecule has 2 atom stereocenters. The molecule has 3 fully saturated rings. The van der Waals surface area contributed by atoms with Crippen molar-refractivity contribution in [3.63, 3.8) is 0 Å². The lowest BCUT2D eigenvalue weighted by Gasteiger charge is -2.40. The highest BCUT2D eigenvalue weighted by Gasteiger charge is 2.48. The highest BCUT2D eigenvalue weighted by molar-refractivity contribution is 6.07. The molecule has 0 bridgehead atoms. The van der Waals surface area contributed by atoms with Crippen molar-refractivity contribution in [1.29, 1.82) is 0 Å². The number of fused-ring (bicyclic) bond motifs is 1. The molecule has 5 rings (SSSR count). The number of rotatable bonds is 5. The first-order valence-corrected chi connectivity index (χ1v) is 12.1. The normalized spacial score (nSPS) is 23.8. The first-order valence-electron chi connectivity index (χ1n) is 12.1. The topological polar surface area (TPSA) is 60.9 Å². The van der Waals surface area contributed by atoms with Crippen LogP contribution in [0.15, 0.2) is 60.7 Å². The van der Waals surface area contributed by atoms with Crippen LogP contribution in [-0.2, 0) is 14.4 Å². The summed E-state index contributed by atoms with van der Waals surface area (Å²) >= 11 is 0. The van der Waals surface area contributed by atoms with Gasteiger partial charge in [0.15, 0.2) is 0 Å². The van der Waals surface area contributed by atoms with Gasteiger partial charge in [0, 0.05) is 26.2 Å². The number of piperazine rings is 1. The monoisotopic (exact) mass is 445 g/mol. The van der Waals surface area contributed by atoms with E-state index in [0.29, 0.717) is 13.1 Å². The first-order chi connectivity index (χ1) is 16.1. The number of carbonyl (C=O) groups is 3. The number of carbonyl (C=O) groups excluding carboxylic acids is 3. The molecule has 2 aromatic rings. The Morgan fingerprint density at radius 1 is 0.758 bits per heavy atom. The highest BCUT2D eigenvalue weighted by atomic mass is 16.2. The van der Waals surface area contributed by atoms with E-state index in [1.165, 1.54) is 16.0 Å². The van der Waals surface area contributed by atoms with E-state index in [1.807, 2.05) is 17.0 Å². The lowest BCUT2D eigenvalue weighted by atomic mass is 9.81. The fourth-order valence-corrected chi connectivity index (χ4v) is 5.74. The Bertz CT molecular complexity index is 938. The van der Waals surface area contributed by atoms with Crippen molar-refractivity contribution in [1.82, 2.24) is 14.7 Å². The average molecular weight is 446 g/mol. The lowest BCUT2D eigenvalue weighted by Crippen LogP contribution is -2.52. The van der Waals surface area contributed by atoms with E-state index in [-0.39, 0.29) is 42.1 Å². The molecule has 0 radical (unpaired) electrons. The van der Waals surface area contributed by atoms with Crippen LogP contribution in [0, 0.1) is 11.8 Å². The third-order valence-corrected chi connectivity index (χ3v) is 7.49. The molecule has 172 valence electrons.